The minimum absolute atomic E-state index is 0.0893. The first-order valence-corrected chi connectivity index (χ1v) is 5.25. The van der Waals surface area contributed by atoms with E-state index in [2.05, 4.69) is 0 Å². The van der Waals surface area contributed by atoms with E-state index in [-0.39, 0.29) is 11.1 Å². The van der Waals surface area contributed by atoms with Crippen LogP contribution in [0.1, 0.15) is 22.3 Å². The molecule has 0 aliphatic heterocycles. The van der Waals surface area contributed by atoms with Gasteiger partial charge in [-0.1, -0.05) is 30.3 Å². The van der Waals surface area contributed by atoms with E-state index in [1.807, 2.05) is 0 Å². The summed E-state index contributed by atoms with van der Waals surface area (Å²) >= 11 is 0. The number of alkyl halides is 2. The standard InChI is InChI=1S/C14H9F3O/c15-12-5-6-13(11(7-12)8-18)9-1-3-10(4-2-9)14(16)17/h1-8,14H. The Kier molecular flexibility index (Phi) is 3.46. The zero-order valence-electron chi connectivity index (χ0n) is 9.24. The lowest BCUT2D eigenvalue weighted by molar-refractivity contribution is 0.112. The highest BCUT2D eigenvalue weighted by molar-refractivity contribution is 5.87. The predicted molar refractivity (Wildman–Crippen MR) is 62.2 cm³/mol. The molecular weight excluding hydrogens is 241 g/mol. The van der Waals surface area contributed by atoms with Gasteiger partial charge in [0.1, 0.15) is 5.82 Å². The van der Waals surface area contributed by atoms with E-state index in [1.165, 1.54) is 36.4 Å². The van der Waals surface area contributed by atoms with Gasteiger partial charge in [0.15, 0.2) is 6.29 Å². The summed E-state index contributed by atoms with van der Waals surface area (Å²) in [5.74, 6) is -0.509. The van der Waals surface area contributed by atoms with Crippen LogP contribution in [0.2, 0.25) is 0 Å². The van der Waals surface area contributed by atoms with Crippen molar-refractivity contribution in [2.75, 3.05) is 0 Å². The van der Waals surface area contributed by atoms with Crippen molar-refractivity contribution in [3.63, 3.8) is 0 Å². The summed E-state index contributed by atoms with van der Waals surface area (Å²) < 4.78 is 37.7. The third kappa shape index (κ3) is 2.42. The summed E-state index contributed by atoms with van der Waals surface area (Å²) in [4.78, 5) is 10.8. The molecule has 0 spiro atoms. The van der Waals surface area contributed by atoms with Crippen LogP contribution < -0.4 is 0 Å². The molecule has 0 amide bonds. The maximum absolute atomic E-state index is 13.0. The summed E-state index contributed by atoms with van der Waals surface area (Å²) in [7, 11) is 0. The normalized spacial score (nSPS) is 10.7. The molecule has 0 aliphatic carbocycles. The van der Waals surface area contributed by atoms with E-state index in [0.29, 0.717) is 17.4 Å². The smallest absolute Gasteiger partial charge is 0.263 e. The summed E-state index contributed by atoms with van der Waals surface area (Å²) in [6, 6.07) is 9.35. The molecule has 2 aromatic rings. The lowest BCUT2D eigenvalue weighted by atomic mass is 9.99. The van der Waals surface area contributed by atoms with Gasteiger partial charge in [-0.3, -0.25) is 4.79 Å². The van der Waals surface area contributed by atoms with Gasteiger partial charge >= 0.3 is 0 Å². The van der Waals surface area contributed by atoms with Crippen LogP contribution in [0.4, 0.5) is 13.2 Å². The van der Waals surface area contributed by atoms with E-state index in [0.717, 1.165) is 6.07 Å². The Morgan fingerprint density at radius 3 is 2.22 bits per heavy atom. The number of aldehydes is 1. The first kappa shape index (κ1) is 12.4. The van der Waals surface area contributed by atoms with Crippen molar-refractivity contribution in [2.45, 2.75) is 6.43 Å². The molecule has 0 N–H and O–H groups in total. The Balaban J connectivity index is 2.45. The Hall–Kier alpha value is -2.10. The lowest BCUT2D eigenvalue weighted by Crippen LogP contribution is -1.90. The van der Waals surface area contributed by atoms with Crippen LogP contribution in [-0.4, -0.2) is 6.29 Å². The van der Waals surface area contributed by atoms with Crippen molar-refractivity contribution in [3.05, 3.63) is 59.4 Å². The molecule has 18 heavy (non-hydrogen) atoms. The molecule has 0 atom stereocenters. The van der Waals surface area contributed by atoms with Crippen molar-refractivity contribution < 1.29 is 18.0 Å². The van der Waals surface area contributed by atoms with Gasteiger partial charge in [-0.15, -0.1) is 0 Å². The number of hydrogen-bond acceptors (Lipinski definition) is 1. The predicted octanol–water partition coefficient (Wildman–Crippen LogP) is 4.24. The molecule has 92 valence electrons. The molecule has 0 saturated heterocycles. The monoisotopic (exact) mass is 250 g/mol. The highest BCUT2D eigenvalue weighted by atomic mass is 19.3. The van der Waals surface area contributed by atoms with Crippen molar-refractivity contribution in [1.29, 1.82) is 0 Å². The van der Waals surface area contributed by atoms with E-state index in [1.54, 1.807) is 0 Å². The van der Waals surface area contributed by atoms with Gasteiger partial charge in [0.2, 0.25) is 0 Å². The molecule has 0 bridgehead atoms. The third-order valence-corrected chi connectivity index (χ3v) is 2.61. The third-order valence-electron chi connectivity index (χ3n) is 2.61. The minimum Gasteiger partial charge on any atom is -0.298 e. The Bertz CT molecular complexity index is 562. The summed E-state index contributed by atoms with van der Waals surface area (Å²) in [6.45, 7) is 0. The largest absolute Gasteiger partial charge is 0.298 e. The second-order valence-electron chi connectivity index (χ2n) is 3.77. The highest BCUT2D eigenvalue weighted by Crippen LogP contribution is 2.26. The summed E-state index contributed by atoms with van der Waals surface area (Å²) in [6.07, 6.45) is -1.99. The average Bonchev–Trinajstić information content (AvgIpc) is 2.38. The van der Waals surface area contributed by atoms with Crippen LogP contribution in [0.3, 0.4) is 0 Å². The van der Waals surface area contributed by atoms with Crippen molar-refractivity contribution in [3.8, 4) is 11.1 Å². The second-order valence-corrected chi connectivity index (χ2v) is 3.77. The summed E-state index contributed by atoms with van der Waals surface area (Å²) in [5.41, 5.74) is 1.22. The zero-order valence-corrected chi connectivity index (χ0v) is 9.24. The topological polar surface area (TPSA) is 17.1 Å². The minimum atomic E-state index is -2.53. The van der Waals surface area contributed by atoms with Crippen LogP contribution in [0.5, 0.6) is 0 Å². The van der Waals surface area contributed by atoms with Crippen molar-refractivity contribution in [1.82, 2.24) is 0 Å². The molecule has 0 aromatic heterocycles. The van der Waals surface area contributed by atoms with Crippen LogP contribution in [0.25, 0.3) is 11.1 Å². The van der Waals surface area contributed by atoms with Crippen LogP contribution in [-0.2, 0) is 0 Å². The number of halogens is 3. The van der Waals surface area contributed by atoms with Crippen LogP contribution in [0, 0.1) is 5.82 Å². The van der Waals surface area contributed by atoms with E-state index < -0.39 is 12.2 Å². The SMILES string of the molecule is O=Cc1cc(F)ccc1-c1ccc(C(F)F)cc1. The second kappa shape index (κ2) is 5.04. The quantitative estimate of drug-likeness (QED) is 0.744. The molecule has 0 fully saturated rings. The first-order chi connectivity index (χ1) is 8.61. The molecule has 0 heterocycles. The van der Waals surface area contributed by atoms with Gasteiger partial charge < -0.3 is 0 Å². The van der Waals surface area contributed by atoms with Crippen LogP contribution >= 0.6 is 0 Å². The number of carbonyl (C=O) groups is 1. The molecule has 0 saturated carbocycles. The molecule has 0 radical (unpaired) electrons. The fourth-order valence-electron chi connectivity index (χ4n) is 1.70. The lowest BCUT2D eigenvalue weighted by Gasteiger charge is -2.06. The molecule has 0 aliphatic rings. The zero-order chi connectivity index (χ0) is 13.1. The van der Waals surface area contributed by atoms with Gasteiger partial charge in [0.25, 0.3) is 6.43 Å². The number of carbonyl (C=O) groups excluding carboxylic acids is 1. The molecule has 4 heteroatoms. The highest BCUT2D eigenvalue weighted by Gasteiger charge is 2.09. The molecular formula is C14H9F3O. The van der Waals surface area contributed by atoms with E-state index in [4.69, 9.17) is 0 Å². The van der Waals surface area contributed by atoms with Gasteiger partial charge in [-0.25, -0.2) is 13.2 Å². The van der Waals surface area contributed by atoms with Gasteiger partial charge in [-0.05, 0) is 23.3 Å². The fraction of sp³-hybridized carbons (Fsp3) is 0.0714. The number of hydrogen-bond donors (Lipinski definition) is 0. The Morgan fingerprint density at radius 2 is 1.67 bits per heavy atom. The van der Waals surface area contributed by atoms with Gasteiger partial charge in [0.05, 0.1) is 0 Å². The molecule has 2 aromatic carbocycles. The van der Waals surface area contributed by atoms with E-state index in [9.17, 15) is 18.0 Å². The van der Waals surface area contributed by atoms with Gasteiger partial charge in [0, 0.05) is 11.1 Å². The Labute approximate surface area is 102 Å². The Morgan fingerprint density at radius 1 is 1.00 bits per heavy atom. The molecule has 2 rings (SSSR count). The fourth-order valence-corrected chi connectivity index (χ4v) is 1.70. The van der Waals surface area contributed by atoms with Gasteiger partial charge in [-0.2, -0.15) is 0 Å². The summed E-state index contributed by atoms with van der Waals surface area (Å²) in [5, 5.41) is 0. The number of benzene rings is 2. The maximum atomic E-state index is 13.0. The number of rotatable bonds is 3. The average molecular weight is 250 g/mol. The van der Waals surface area contributed by atoms with E-state index >= 15 is 0 Å². The van der Waals surface area contributed by atoms with Crippen molar-refractivity contribution >= 4 is 6.29 Å². The van der Waals surface area contributed by atoms with Crippen LogP contribution in [0.15, 0.2) is 42.5 Å². The first-order valence-electron chi connectivity index (χ1n) is 5.25. The maximum Gasteiger partial charge on any atom is 0.263 e. The molecule has 0 unspecified atom stereocenters. The molecule has 1 nitrogen and oxygen atoms in total. The van der Waals surface area contributed by atoms with Crippen molar-refractivity contribution in [2.24, 2.45) is 0 Å².